The summed E-state index contributed by atoms with van der Waals surface area (Å²) in [6.07, 6.45) is 1.61. The fourth-order valence-corrected chi connectivity index (χ4v) is 1.82. The van der Waals surface area contributed by atoms with Crippen LogP contribution in [0.1, 0.15) is 0 Å². The van der Waals surface area contributed by atoms with E-state index in [1.807, 2.05) is 12.1 Å². The molecule has 0 saturated heterocycles. The van der Waals surface area contributed by atoms with Gasteiger partial charge in [-0.05, 0) is 18.2 Å². The largest absolute Gasteiger partial charge is 0.381 e. The van der Waals surface area contributed by atoms with Crippen LogP contribution in [0.5, 0.6) is 0 Å². The predicted octanol–water partition coefficient (Wildman–Crippen LogP) is 2.27. The Labute approximate surface area is 93.8 Å². The van der Waals surface area contributed by atoms with E-state index in [4.69, 9.17) is 17.3 Å². The molecule has 2 aromatic rings. The van der Waals surface area contributed by atoms with E-state index in [2.05, 4.69) is 26.2 Å². The molecule has 0 fully saturated rings. The van der Waals surface area contributed by atoms with Gasteiger partial charge in [0.15, 0.2) is 5.82 Å². The normalized spacial score (nSPS) is 10.4. The topological polar surface area (TPSA) is 56.7 Å². The summed E-state index contributed by atoms with van der Waals surface area (Å²) in [7, 11) is 0. The molecular weight excluding hydrogens is 267 g/mol. The summed E-state index contributed by atoms with van der Waals surface area (Å²) in [6.45, 7) is 0. The van der Waals surface area contributed by atoms with Gasteiger partial charge in [0.05, 0.1) is 16.9 Å². The third-order valence-electron chi connectivity index (χ3n) is 1.67. The molecule has 2 rings (SSSR count). The molecule has 1 aromatic carbocycles. The molecule has 0 amide bonds. The van der Waals surface area contributed by atoms with Gasteiger partial charge in [0.1, 0.15) is 0 Å². The Balaban J connectivity index is 2.52. The van der Waals surface area contributed by atoms with Crippen LogP contribution in [0.15, 0.2) is 28.9 Å². The van der Waals surface area contributed by atoms with Crippen molar-refractivity contribution in [1.29, 1.82) is 0 Å². The van der Waals surface area contributed by atoms with E-state index in [9.17, 15) is 0 Å². The number of nitrogens with zero attached hydrogens (tertiary/aromatic N) is 3. The molecule has 0 saturated carbocycles. The van der Waals surface area contributed by atoms with Crippen molar-refractivity contribution in [2.24, 2.45) is 0 Å². The molecule has 0 aliphatic heterocycles. The highest BCUT2D eigenvalue weighted by atomic mass is 79.9. The molecule has 4 nitrogen and oxygen atoms in total. The van der Waals surface area contributed by atoms with Gasteiger partial charge in [-0.25, -0.2) is 4.68 Å². The number of hydrogen-bond donors (Lipinski definition) is 1. The summed E-state index contributed by atoms with van der Waals surface area (Å²) < 4.78 is 2.45. The molecule has 0 bridgehead atoms. The second-order valence-electron chi connectivity index (χ2n) is 2.68. The minimum absolute atomic E-state index is 0.365. The number of nitrogens with two attached hydrogens (primary N) is 1. The predicted molar refractivity (Wildman–Crippen MR) is 58.5 cm³/mol. The van der Waals surface area contributed by atoms with Gasteiger partial charge >= 0.3 is 0 Å². The Morgan fingerprint density at radius 3 is 2.79 bits per heavy atom. The van der Waals surface area contributed by atoms with E-state index in [0.717, 1.165) is 10.2 Å². The SMILES string of the molecule is Nc1cn(-c2ccc(Br)cc2Cl)nn1. The third-order valence-corrected chi connectivity index (χ3v) is 2.46. The van der Waals surface area contributed by atoms with Gasteiger partial charge < -0.3 is 5.73 Å². The number of aromatic nitrogens is 3. The third kappa shape index (κ3) is 1.73. The molecule has 72 valence electrons. The van der Waals surface area contributed by atoms with Gasteiger partial charge in [-0.15, -0.1) is 5.10 Å². The Morgan fingerprint density at radius 1 is 1.43 bits per heavy atom. The Bertz CT molecular complexity index is 468. The maximum Gasteiger partial charge on any atom is 0.166 e. The highest BCUT2D eigenvalue weighted by Crippen LogP contribution is 2.24. The molecule has 0 radical (unpaired) electrons. The van der Waals surface area contributed by atoms with Crippen LogP contribution in [-0.4, -0.2) is 15.0 Å². The minimum Gasteiger partial charge on any atom is -0.381 e. The molecule has 14 heavy (non-hydrogen) atoms. The number of hydrogen-bond acceptors (Lipinski definition) is 3. The molecule has 0 unspecified atom stereocenters. The highest BCUT2D eigenvalue weighted by molar-refractivity contribution is 9.10. The highest BCUT2D eigenvalue weighted by Gasteiger charge is 2.04. The lowest BCUT2D eigenvalue weighted by Gasteiger charge is -2.02. The first-order valence-corrected chi connectivity index (χ1v) is 4.97. The first-order valence-electron chi connectivity index (χ1n) is 3.80. The van der Waals surface area contributed by atoms with Gasteiger partial charge in [-0.1, -0.05) is 32.7 Å². The average molecular weight is 274 g/mol. The van der Waals surface area contributed by atoms with Crippen molar-refractivity contribution in [2.45, 2.75) is 0 Å². The Kier molecular flexibility index (Phi) is 2.43. The van der Waals surface area contributed by atoms with Crippen LogP contribution in [0.4, 0.5) is 5.82 Å². The standard InChI is InChI=1S/C8H6BrClN4/c9-5-1-2-7(6(10)3-5)14-4-8(11)12-13-14/h1-4H,11H2. The number of rotatable bonds is 1. The lowest BCUT2D eigenvalue weighted by molar-refractivity contribution is 0.804. The van der Waals surface area contributed by atoms with Crippen LogP contribution in [0.25, 0.3) is 5.69 Å². The van der Waals surface area contributed by atoms with Gasteiger partial charge in [-0.3, -0.25) is 0 Å². The lowest BCUT2D eigenvalue weighted by Crippen LogP contribution is -1.95. The van der Waals surface area contributed by atoms with Crippen LogP contribution >= 0.6 is 27.5 Å². The first-order chi connectivity index (χ1) is 6.66. The maximum atomic E-state index is 6.01. The summed E-state index contributed by atoms with van der Waals surface area (Å²) >= 11 is 9.33. The zero-order valence-corrected chi connectivity index (χ0v) is 9.33. The fraction of sp³-hybridized carbons (Fsp3) is 0. The monoisotopic (exact) mass is 272 g/mol. The number of halogens is 2. The van der Waals surface area contributed by atoms with E-state index in [0.29, 0.717) is 10.8 Å². The maximum absolute atomic E-state index is 6.01. The van der Waals surface area contributed by atoms with Crippen LogP contribution in [0.2, 0.25) is 5.02 Å². The van der Waals surface area contributed by atoms with Gasteiger partial charge in [0.25, 0.3) is 0 Å². The molecule has 1 aromatic heterocycles. The van der Waals surface area contributed by atoms with E-state index in [1.54, 1.807) is 12.3 Å². The number of nitrogen functional groups attached to an aromatic ring is 1. The molecule has 0 atom stereocenters. The van der Waals surface area contributed by atoms with E-state index < -0.39 is 0 Å². The van der Waals surface area contributed by atoms with Crippen molar-refractivity contribution in [3.8, 4) is 5.69 Å². The van der Waals surface area contributed by atoms with Crippen molar-refractivity contribution >= 4 is 33.3 Å². The molecule has 0 spiro atoms. The van der Waals surface area contributed by atoms with Crippen molar-refractivity contribution in [3.63, 3.8) is 0 Å². The van der Waals surface area contributed by atoms with Gasteiger partial charge in [0.2, 0.25) is 0 Å². The Morgan fingerprint density at radius 2 is 2.21 bits per heavy atom. The zero-order chi connectivity index (χ0) is 10.1. The summed E-state index contributed by atoms with van der Waals surface area (Å²) in [6, 6.07) is 5.49. The quantitative estimate of drug-likeness (QED) is 0.867. The number of benzene rings is 1. The molecule has 0 aliphatic carbocycles. The fourth-order valence-electron chi connectivity index (χ4n) is 1.06. The van der Waals surface area contributed by atoms with Crippen LogP contribution in [0, 0.1) is 0 Å². The summed E-state index contributed by atoms with van der Waals surface area (Å²) in [4.78, 5) is 0. The van der Waals surface area contributed by atoms with Gasteiger partial charge in [-0.2, -0.15) is 0 Å². The van der Waals surface area contributed by atoms with Crippen molar-refractivity contribution in [1.82, 2.24) is 15.0 Å². The van der Waals surface area contributed by atoms with Gasteiger partial charge in [0, 0.05) is 4.47 Å². The zero-order valence-electron chi connectivity index (χ0n) is 6.98. The van der Waals surface area contributed by atoms with Crippen LogP contribution in [0.3, 0.4) is 0 Å². The average Bonchev–Trinajstić information content (AvgIpc) is 2.51. The number of anilines is 1. The minimum atomic E-state index is 0.365. The molecular formula is C8H6BrClN4. The Hall–Kier alpha value is -1.07. The molecule has 6 heteroatoms. The smallest absolute Gasteiger partial charge is 0.166 e. The van der Waals surface area contributed by atoms with E-state index >= 15 is 0 Å². The summed E-state index contributed by atoms with van der Waals surface area (Å²) in [5, 5.41) is 8.08. The first kappa shape index (κ1) is 9.48. The lowest BCUT2D eigenvalue weighted by atomic mass is 10.3. The summed E-state index contributed by atoms with van der Waals surface area (Å²) in [5.41, 5.74) is 6.20. The second-order valence-corrected chi connectivity index (χ2v) is 4.01. The van der Waals surface area contributed by atoms with Crippen molar-refractivity contribution < 1.29 is 0 Å². The molecule has 1 heterocycles. The van der Waals surface area contributed by atoms with Crippen molar-refractivity contribution in [2.75, 3.05) is 5.73 Å². The second kappa shape index (κ2) is 3.59. The molecule has 2 N–H and O–H groups in total. The van der Waals surface area contributed by atoms with Crippen LogP contribution < -0.4 is 5.73 Å². The van der Waals surface area contributed by atoms with E-state index in [-0.39, 0.29) is 0 Å². The van der Waals surface area contributed by atoms with Crippen LogP contribution in [-0.2, 0) is 0 Å². The molecule has 0 aliphatic rings. The van der Waals surface area contributed by atoms with Crippen molar-refractivity contribution in [3.05, 3.63) is 33.9 Å². The summed E-state index contributed by atoms with van der Waals surface area (Å²) in [5.74, 6) is 0.365. The van der Waals surface area contributed by atoms with E-state index in [1.165, 1.54) is 4.68 Å².